The van der Waals surface area contributed by atoms with Crippen molar-refractivity contribution in [3.05, 3.63) is 114 Å². The molecule has 39 heavy (non-hydrogen) atoms. The van der Waals surface area contributed by atoms with Gasteiger partial charge in [0.25, 0.3) is 0 Å². The molecule has 3 heterocycles. The third-order valence-electron chi connectivity index (χ3n) is 11.2. The molecule has 3 aliphatic carbocycles. The fourth-order valence-electron chi connectivity index (χ4n) is 9.20. The molecule has 6 atom stereocenters. The lowest BCUT2D eigenvalue weighted by molar-refractivity contribution is -0.132. The predicted molar refractivity (Wildman–Crippen MR) is 157 cm³/mol. The number of aromatic nitrogens is 1. The quantitative estimate of drug-likeness (QED) is 0.356. The highest BCUT2D eigenvalue weighted by molar-refractivity contribution is 5.82. The summed E-state index contributed by atoms with van der Waals surface area (Å²) in [6.07, 6.45) is 20.8. The first-order valence-corrected chi connectivity index (χ1v) is 14.9. The monoisotopic (exact) mass is 514 g/mol. The lowest BCUT2D eigenvalue weighted by atomic mass is 9.58. The van der Waals surface area contributed by atoms with Crippen molar-refractivity contribution >= 4 is 10.8 Å². The number of fused-ring (bicyclic) bond motifs is 2. The van der Waals surface area contributed by atoms with Crippen LogP contribution in [-0.2, 0) is 11.3 Å². The zero-order valence-corrected chi connectivity index (χ0v) is 23.1. The van der Waals surface area contributed by atoms with Crippen molar-refractivity contribution in [2.24, 2.45) is 11.3 Å². The van der Waals surface area contributed by atoms with Gasteiger partial charge in [-0.2, -0.15) is 0 Å². The van der Waals surface area contributed by atoms with Gasteiger partial charge in [0.15, 0.2) is 0 Å². The number of nitrogens with zero attached hydrogens (tertiary/aromatic N) is 2. The highest BCUT2D eigenvalue weighted by atomic mass is 16.5. The Morgan fingerprint density at radius 2 is 1.90 bits per heavy atom. The second-order valence-corrected chi connectivity index (χ2v) is 13.2. The van der Waals surface area contributed by atoms with E-state index in [1.165, 1.54) is 45.9 Å². The van der Waals surface area contributed by atoms with E-state index in [0.717, 1.165) is 32.2 Å². The van der Waals surface area contributed by atoms with Crippen LogP contribution in [0.5, 0.6) is 0 Å². The van der Waals surface area contributed by atoms with Gasteiger partial charge in [-0.05, 0) is 103 Å². The van der Waals surface area contributed by atoms with Crippen LogP contribution in [0, 0.1) is 11.3 Å². The molecule has 8 rings (SSSR count). The molecule has 0 unspecified atom stereocenters. The highest BCUT2D eigenvalue weighted by Crippen LogP contribution is 2.69. The van der Waals surface area contributed by atoms with E-state index in [1.807, 2.05) is 12.4 Å². The molecule has 0 radical (unpaired) electrons. The number of pyridine rings is 1. The summed E-state index contributed by atoms with van der Waals surface area (Å²) >= 11 is 0. The van der Waals surface area contributed by atoms with Gasteiger partial charge in [-0.25, -0.2) is 0 Å². The van der Waals surface area contributed by atoms with E-state index in [-0.39, 0.29) is 16.6 Å². The van der Waals surface area contributed by atoms with Crippen molar-refractivity contribution in [2.75, 3.05) is 7.05 Å². The van der Waals surface area contributed by atoms with Gasteiger partial charge in [0.1, 0.15) is 0 Å². The maximum Gasteiger partial charge on any atom is 0.0975 e. The molecule has 1 aromatic heterocycles. The Balaban J connectivity index is 1.10. The van der Waals surface area contributed by atoms with Crippen molar-refractivity contribution in [3.8, 4) is 0 Å². The van der Waals surface area contributed by atoms with Gasteiger partial charge in [-0.3, -0.25) is 9.88 Å². The molecule has 198 valence electrons. The largest absolute Gasteiger partial charge is 0.359 e. The molecule has 3 heteroatoms. The van der Waals surface area contributed by atoms with Crippen LogP contribution < -0.4 is 0 Å². The minimum atomic E-state index is -0.146. The zero-order valence-electron chi connectivity index (χ0n) is 23.1. The number of likely N-dealkylation sites (N-methyl/N-ethyl adjacent to an activating group) is 1. The normalized spacial score (nSPS) is 36.3. The Kier molecular flexibility index (Phi) is 5.19. The Morgan fingerprint density at radius 3 is 2.79 bits per heavy atom. The maximum absolute atomic E-state index is 7.52. The van der Waals surface area contributed by atoms with E-state index in [2.05, 4.69) is 103 Å². The lowest BCUT2D eigenvalue weighted by Crippen LogP contribution is -2.54. The van der Waals surface area contributed by atoms with Crippen LogP contribution in [0.4, 0.5) is 0 Å². The van der Waals surface area contributed by atoms with Gasteiger partial charge in [0.2, 0.25) is 0 Å². The van der Waals surface area contributed by atoms with Gasteiger partial charge in [0, 0.05) is 30.4 Å². The second kappa shape index (κ2) is 8.49. The standard InChI is InChI=1S/C36H38N2O/c1-34-16-14-30-21-29-10-11-31(38(2)24-25-6-4-3-5-7-25)22-35(29)17-18-36(30,39-35)33(34)13-12-32(34)27-9-8-26-15-19-37-23-28(26)20-27/h3-11,14-15,19-21,23,31-33H,12-13,16-18,22,24H2,1-2H3/t31-,32-,33-,34-,35-,36-/m1/s1. The molecule has 1 saturated carbocycles. The molecule has 3 aromatic rings. The molecule has 3 nitrogen and oxygen atoms in total. The summed E-state index contributed by atoms with van der Waals surface area (Å²) in [5.41, 5.74) is 5.67. The topological polar surface area (TPSA) is 25.4 Å². The number of hydrogen-bond acceptors (Lipinski definition) is 3. The third kappa shape index (κ3) is 3.45. The van der Waals surface area contributed by atoms with Crippen LogP contribution in [-0.4, -0.2) is 34.2 Å². The first-order chi connectivity index (χ1) is 19.0. The van der Waals surface area contributed by atoms with Crippen LogP contribution in [0.15, 0.2) is 102 Å². The van der Waals surface area contributed by atoms with Crippen LogP contribution in [0.25, 0.3) is 10.8 Å². The van der Waals surface area contributed by atoms with Crippen molar-refractivity contribution in [1.29, 1.82) is 0 Å². The Morgan fingerprint density at radius 1 is 1.00 bits per heavy atom. The number of benzene rings is 2. The fraction of sp³-hybridized carbons (Fsp3) is 0.417. The van der Waals surface area contributed by atoms with E-state index in [1.54, 1.807) is 0 Å². The summed E-state index contributed by atoms with van der Waals surface area (Å²) in [6.45, 7) is 3.53. The van der Waals surface area contributed by atoms with Crippen molar-refractivity contribution < 1.29 is 4.74 Å². The number of rotatable bonds is 4. The first-order valence-electron chi connectivity index (χ1n) is 14.9. The smallest absolute Gasteiger partial charge is 0.0975 e. The summed E-state index contributed by atoms with van der Waals surface area (Å²) in [7, 11) is 2.27. The minimum absolute atomic E-state index is 0.128. The summed E-state index contributed by atoms with van der Waals surface area (Å²) in [5.74, 6) is 1.11. The van der Waals surface area contributed by atoms with Gasteiger partial charge < -0.3 is 4.74 Å². The summed E-state index contributed by atoms with van der Waals surface area (Å²) in [4.78, 5) is 6.90. The average molecular weight is 515 g/mol. The molecule has 1 saturated heterocycles. The molecule has 2 aliphatic heterocycles. The highest BCUT2D eigenvalue weighted by Gasteiger charge is 2.66. The van der Waals surface area contributed by atoms with Gasteiger partial charge >= 0.3 is 0 Å². The second-order valence-electron chi connectivity index (χ2n) is 13.2. The number of hydrogen-bond donors (Lipinski definition) is 0. The summed E-state index contributed by atoms with van der Waals surface area (Å²) < 4.78 is 7.52. The van der Waals surface area contributed by atoms with Crippen LogP contribution in [0.3, 0.4) is 0 Å². The minimum Gasteiger partial charge on any atom is -0.359 e. The molecular formula is C36H38N2O. The lowest BCUT2D eigenvalue weighted by Gasteiger charge is -2.54. The van der Waals surface area contributed by atoms with E-state index >= 15 is 0 Å². The fourth-order valence-corrected chi connectivity index (χ4v) is 9.20. The summed E-state index contributed by atoms with van der Waals surface area (Å²) in [6, 6.07) is 20.4. The van der Waals surface area contributed by atoms with Gasteiger partial charge in [-0.15, -0.1) is 0 Å². The van der Waals surface area contributed by atoms with Gasteiger partial charge in [0.05, 0.1) is 11.2 Å². The number of allylic oxidation sites excluding steroid dienone is 1. The molecule has 0 N–H and O–H groups in total. The zero-order chi connectivity index (χ0) is 26.2. The van der Waals surface area contributed by atoms with E-state index in [0.29, 0.717) is 17.9 Å². The van der Waals surface area contributed by atoms with Gasteiger partial charge in [-0.1, -0.05) is 73.7 Å². The first kappa shape index (κ1) is 23.8. The van der Waals surface area contributed by atoms with Crippen molar-refractivity contribution in [2.45, 2.75) is 75.2 Å². The van der Waals surface area contributed by atoms with Crippen molar-refractivity contribution in [3.63, 3.8) is 0 Å². The Bertz CT molecular complexity index is 1540. The molecule has 2 fully saturated rings. The Hall–Kier alpha value is -3.01. The van der Waals surface area contributed by atoms with Crippen LogP contribution in [0.2, 0.25) is 0 Å². The molecule has 2 spiro atoms. The summed E-state index contributed by atoms with van der Waals surface area (Å²) in [5, 5.41) is 2.54. The third-order valence-corrected chi connectivity index (χ3v) is 11.2. The van der Waals surface area contributed by atoms with E-state index < -0.39 is 0 Å². The van der Waals surface area contributed by atoms with E-state index in [4.69, 9.17) is 4.74 Å². The molecular weight excluding hydrogens is 476 g/mol. The molecule has 5 aliphatic rings. The average Bonchev–Trinajstić information content (AvgIpc) is 3.48. The van der Waals surface area contributed by atoms with Crippen LogP contribution in [0.1, 0.15) is 62.5 Å². The SMILES string of the molecule is CN(Cc1ccccc1)[C@@H]1C=CC2=CC3=CC[C@]4(C)[C@@H](c5ccc6ccncc6c5)CC[C@H]4[C@@]34CC[C@]2(C1)O4. The maximum atomic E-state index is 7.52. The van der Waals surface area contributed by atoms with Crippen molar-refractivity contribution in [1.82, 2.24) is 9.88 Å². The van der Waals surface area contributed by atoms with Crippen LogP contribution >= 0.6 is 0 Å². The Labute approximate surface area is 232 Å². The number of ether oxygens (including phenoxy) is 1. The molecule has 0 amide bonds. The van der Waals surface area contributed by atoms with E-state index in [9.17, 15) is 0 Å². The predicted octanol–water partition coefficient (Wildman–Crippen LogP) is 7.75. The molecule has 2 bridgehead atoms. The molecule has 2 aromatic carbocycles.